The van der Waals surface area contributed by atoms with Gasteiger partial charge in [-0.3, -0.25) is 9.78 Å². The number of nitrogens with one attached hydrogen (secondary N) is 1. The van der Waals surface area contributed by atoms with E-state index in [4.69, 9.17) is 24.0 Å². The van der Waals surface area contributed by atoms with Crippen LogP contribution in [0.15, 0.2) is 41.1 Å². The first-order chi connectivity index (χ1) is 17.7. The molecule has 1 aromatic carbocycles. The minimum absolute atomic E-state index is 0.268. The molecule has 2 fully saturated rings. The molecule has 0 spiro atoms. The Bertz CT molecular complexity index is 1530. The van der Waals surface area contributed by atoms with Crippen molar-refractivity contribution >= 4 is 39.3 Å². The molecule has 1 aliphatic carbocycles. The van der Waals surface area contributed by atoms with Crippen LogP contribution in [-0.2, 0) is 14.9 Å². The number of fused-ring (bicyclic) bond motifs is 2. The summed E-state index contributed by atoms with van der Waals surface area (Å²) in [7, 11) is 1.78. The number of oxazole rings is 1. The molecule has 0 radical (unpaired) electrons. The third-order valence-electron chi connectivity index (χ3n) is 6.75. The highest BCUT2D eigenvalue weighted by Crippen LogP contribution is 2.48. The van der Waals surface area contributed by atoms with E-state index in [-0.39, 0.29) is 12.5 Å². The van der Waals surface area contributed by atoms with Gasteiger partial charge < -0.3 is 25.1 Å². The van der Waals surface area contributed by atoms with Gasteiger partial charge >= 0.3 is 0 Å². The molecule has 1 aliphatic heterocycles. The van der Waals surface area contributed by atoms with Crippen LogP contribution < -0.4 is 16.0 Å². The molecular weight excluding hydrogens is 432 g/mol. The number of amides is 1. The molecule has 9 heteroatoms. The highest BCUT2D eigenvalue weighted by Gasteiger charge is 2.51. The maximum Gasteiger partial charge on any atom is 0.229 e. The average molecular weight is 462 g/mol. The number of benzene rings is 1. The van der Waals surface area contributed by atoms with Crippen LogP contribution >= 0.6 is 0 Å². The normalized spacial score (nSPS) is 21.1. The number of hydrogen-bond donors (Lipinski definition) is 2. The Kier molecular flexibility index (Phi) is 3.99. The van der Waals surface area contributed by atoms with Crippen LogP contribution in [0.4, 0.5) is 11.5 Å². The Morgan fingerprint density at radius 3 is 2.91 bits per heavy atom. The van der Waals surface area contributed by atoms with Crippen molar-refractivity contribution < 1.29 is 18.1 Å². The number of anilines is 2. The van der Waals surface area contributed by atoms with Gasteiger partial charge in [0.2, 0.25) is 11.8 Å². The van der Waals surface area contributed by atoms with Crippen molar-refractivity contribution in [2.45, 2.75) is 31.2 Å². The summed E-state index contributed by atoms with van der Waals surface area (Å²) in [5.74, 6) is 0.661. The number of ether oxygens (including phenoxy) is 1. The van der Waals surface area contributed by atoms with Gasteiger partial charge in [0.15, 0.2) is 5.58 Å². The van der Waals surface area contributed by atoms with E-state index in [9.17, 15) is 4.79 Å². The summed E-state index contributed by atoms with van der Waals surface area (Å²) in [5, 5.41) is 4.66. The summed E-state index contributed by atoms with van der Waals surface area (Å²) in [6, 6.07) is 7.50. The first kappa shape index (κ1) is 17.7. The van der Waals surface area contributed by atoms with Crippen LogP contribution in [0.3, 0.4) is 0 Å². The molecule has 1 saturated carbocycles. The molecule has 9 nitrogen and oxygen atoms in total. The second-order valence-corrected chi connectivity index (χ2v) is 8.81. The molecule has 3 aromatic heterocycles. The van der Waals surface area contributed by atoms with E-state index < -0.39 is 18.4 Å². The average Bonchev–Trinajstić information content (AvgIpc) is 3.60. The third kappa shape index (κ3) is 3.27. The monoisotopic (exact) mass is 461 g/mol. The van der Waals surface area contributed by atoms with Crippen LogP contribution in [0.5, 0.6) is 0 Å². The molecule has 1 atom stereocenters. The molecule has 34 heavy (non-hydrogen) atoms. The van der Waals surface area contributed by atoms with Gasteiger partial charge in [-0.05, 0) is 44.0 Å². The van der Waals surface area contributed by atoms with Gasteiger partial charge in [-0.25, -0.2) is 9.97 Å². The van der Waals surface area contributed by atoms with E-state index in [2.05, 4.69) is 15.3 Å². The summed E-state index contributed by atoms with van der Waals surface area (Å²) < 4.78 is 34.7. The maximum absolute atomic E-state index is 12.1. The fraction of sp³-hybridized carbons (Fsp3) is 0.360. The topological polar surface area (TPSA) is 119 Å². The van der Waals surface area contributed by atoms with Gasteiger partial charge in [0, 0.05) is 53.1 Å². The Balaban J connectivity index is 1.41. The molecule has 3 N–H and O–H groups in total. The minimum atomic E-state index is -2.18. The van der Waals surface area contributed by atoms with E-state index in [1.165, 1.54) is 0 Å². The van der Waals surface area contributed by atoms with E-state index >= 15 is 0 Å². The number of carbonyl (C=O) groups is 1. The molecule has 174 valence electrons. The zero-order chi connectivity index (χ0) is 25.9. The standard InChI is InChI=1S/C25H26N6O3/c1-14-13-31(7-8-33-14)15-3-4-20-19(9-15)30-23(34-20)18-12-29-22(27-2)17-11-28-21(10-16(17)18)25(5-6-25)24(26)32/h3-4,9-12,14H,5-8,13H2,1-2H3,(H2,26,32)(H,27,29)/i1D3. The second-order valence-electron chi connectivity index (χ2n) is 8.81. The first-order valence-corrected chi connectivity index (χ1v) is 11.2. The molecular formula is C25H26N6O3. The first-order valence-electron chi connectivity index (χ1n) is 12.7. The molecule has 6 rings (SSSR count). The zero-order valence-corrected chi connectivity index (χ0v) is 18.7. The van der Waals surface area contributed by atoms with E-state index in [1.54, 1.807) is 19.4 Å². The maximum atomic E-state index is 12.1. The third-order valence-corrected chi connectivity index (χ3v) is 6.75. The van der Waals surface area contributed by atoms with Crippen molar-refractivity contribution in [1.29, 1.82) is 0 Å². The number of rotatable bonds is 5. The molecule has 2 aliphatic rings. The van der Waals surface area contributed by atoms with Gasteiger partial charge in [0.1, 0.15) is 11.3 Å². The second kappa shape index (κ2) is 7.66. The van der Waals surface area contributed by atoms with Crippen molar-refractivity contribution in [3.05, 3.63) is 42.4 Å². The fourth-order valence-corrected chi connectivity index (χ4v) is 4.63. The van der Waals surface area contributed by atoms with Crippen molar-refractivity contribution in [3.8, 4) is 11.5 Å². The predicted octanol–water partition coefficient (Wildman–Crippen LogP) is 3.22. The van der Waals surface area contributed by atoms with E-state index in [1.807, 2.05) is 29.2 Å². The lowest BCUT2D eigenvalue weighted by atomic mass is 9.98. The van der Waals surface area contributed by atoms with Crippen LogP contribution in [0.1, 0.15) is 29.5 Å². The van der Waals surface area contributed by atoms with E-state index in [0.717, 1.165) is 16.5 Å². The molecule has 1 amide bonds. The summed E-state index contributed by atoms with van der Waals surface area (Å²) >= 11 is 0. The summed E-state index contributed by atoms with van der Waals surface area (Å²) in [5.41, 5.74) is 8.36. The molecule has 0 bridgehead atoms. The number of nitrogens with zero attached hydrogens (tertiary/aromatic N) is 4. The molecule has 4 heterocycles. The highest BCUT2D eigenvalue weighted by molar-refractivity contribution is 6.02. The molecule has 1 unspecified atom stereocenters. The minimum Gasteiger partial charge on any atom is -0.436 e. The lowest BCUT2D eigenvalue weighted by Crippen LogP contribution is -2.41. The number of carbonyl (C=O) groups excluding carboxylic acids is 1. The number of pyridine rings is 2. The van der Waals surface area contributed by atoms with Crippen molar-refractivity contribution in [3.63, 3.8) is 0 Å². The smallest absolute Gasteiger partial charge is 0.229 e. The Morgan fingerprint density at radius 2 is 2.15 bits per heavy atom. The van der Waals surface area contributed by atoms with E-state index in [0.29, 0.717) is 60.1 Å². The largest absolute Gasteiger partial charge is 0.436 e. The highest BCUT2D eigenvalue weighted by atomic mass is 16.5. The van der Waals surface area contributed by atoms with Gasteiger partial charge in [-0.1, -0.05) is 0 Å². The number of aromatic nitrogens is 3. The van der Waals surface area contributed by atoms with Crippen LogP contribution in [0, 0.1) is 0 Å². The number of morpholine rings is 1. The van der Waals surface area contributed by atoms with Crippen LogP contribution in [-0.4, -0.2) is 53.7 Å². The van der Waals surface area contributed by atoms with Gasteiger partial charge in [0.05, 0.1) is 29.4 Å². The van der Waals surface area contributed by atoms with Gasteiger partial charge in [-0.15, -0.1) is 0 Å². The van der Waals surface area contributed by atoms with Crippen LogP contribution in [0.25, 0.3) is 33.3 Å². The number of primary amides is 1. The fourth-order valence-electron chi connectivity index (χ4n) is 4.63. The molecule has 4 aromatic rings. The number of hydrogen-bond acceptors (Lipinski definition) is 8. The van der Waals surface area contributed by atoms with Gasteiger partial charge in [0.25, 0.3) is 0 Å². The predicted molar refractivity (Wildman–Crippen MR) is 130 cm³/mol. The lowest BCUT2D eigenvalue weighted by Gasteiger charge is -2.32. The zero-order valence-electron chi connectivity index (χ0n) is 21.7. The summed E-state index contributed by atoms with van der Waals surface area (Å²) in [6.07, 6.45) is 3.91. The summed E-state index contributed by atoms with van der Waals surface area (Å²) in [6.45, 7) is -0.993. The van der Waals surface area contributed by atoms with Crippen LogP contribution in [0.2, 0.25) is 0 Å². The summed E-state index contributed by atoms with van der Waals surface area (Å²) in [4.78, 5) is 27.9. The Labute approximate surface area is 200 Å². The van der Waals surface area contributed by atoms with Crippen molar-refractivity contribution in [1.82, 2.24) is 15.0 Å². The lowest BCUT2D eigenvalue weighted by molar-refractivity contribution is -0.120. The SMILES string of the molecule is [2H]C([2H])([2H])C1CN(c2ccc3oc(-c4cnc(NC)c5cnc(C6(C(N)=O)CC6)cc45)nc3c2)CCO1. The Morgan fingerprint density at radius 1 is 1.26 bits per heavy atom. The van der Waals surface area contributed by atoms with Gasteiger partial charge in [-0.2, -0.15) is 0 Å². The number of nitrogens with two attached hydrogens (primary N) is 1. The van der Waals surface area contributed by atoms with Crippen molar-refractivity contribution in [2.75, 3.05) is 37.0 Å². The van der Waals surface area contributed by atoms with Crippen molar-refractivity contribution in [2.24, 2.45) is 5.73 Å². The Hall–Kier alpha value is -3.72. The molecule has 1 saturated heterocycles. The quantitative estimate of drug-likeness (QED) is 0.465.